The highest BCUT2D eigenvalue weighted by Crippen LogP contribution is 2.40. The summed E-state index contributed by atoms with van der Waals surface area (Å²) in [4.78, 5) is 39.2. The first-order valence-electron chi connectivity index (χ1n) is 8.70. The van der Waals surface area contributed by atoms with E-state index in [4.69, 9.17) is 5.73 Å². The van der Waals surface area contributed by atoms with Gasteiger partial charge < -0.3 is 5.73 Å². The highest BCUT2D eigenvalue weighted by Gasteiger charge is 2.41. The number of primary amides is 1. The summed E-state index contributed by atoms with van der Waals surface area (Å²) < 4.78 is 0. The molecule has 3 amide bonds. The molecule has 0 spiro atoms. The zero-order chi connectivity index (χ0) is 19.2. The smallest absolute Gasteiger partial charge is 0.266 e. The number of anilines is 1. The summed E-state index contributed by atoms with van der Waals surface area (Å²) in [6.07, 6.45) is 0. The maximum atomic E-state index is 13.2. The van der Waals surface area contributed by atoms with E-state index in [2.05, 4.69) is 0 Å². The number of amides is 3. The van der Waals surface area contributed by atoms with Gasteiger partial charge in [0.1, 0.15) is 0 Å². The third kappa shape index (κ3) is 2.60. The lowest BCUT2D eigenvalue weighted by Gasteiger charge is -2.25. The van der Waals surface area contributed by atoms with Crippen molar-refractivity contribution < 1.29 is 14.4 Å². The van der Waals surface area contributed by atoms with E-state index in [1.54, 1.807) is 12.1 Å². The van der Waals surface area contributed by atoms with Gasteiger partial charge in [0.2, 0.25) is 5.91 Å². The second kappa shape index (κ2) is 6.41. The van der Waals surface area contributed by atoms with Gasteiger partial charge in [-0.3, -0.25) is 14.4 Å². The lowest BCUT2D eigenvalue weighted by Crippen LogP contribution is -2.32. The molecule has 0 bridgehead atoms. The number of imide groups is 1. The Morgan fingerprint density at radius 3 is 1.92 bits per heavy atom. The van der Waals surface area contributed by atoms with Crippen molar-refractivity contribution in [2.45, 2.75) is 39.5 Å². The molecular weight excluding hydrogens is 328 g/mol. The average molecular weight is 350 g/mol. The SMILES string of the molecule is CC(C)c1cccc(C(C)C)c1N1C(=O)c2cccc(C(N)=O)c2C1=O. The van der Waals surface area contributed by atoms with Crippen LogP contribution in [0.25, 0.3) is 0 Å². The van der Waals surface area contributed by atoms with Crippen molar-refractivity contribution in [1.29, 1.82) is 0 Å². The summed E-state index contributed by atoms with van der Waals surface area (Å²) in [6.45, 7) is 8.10. The Bertz CT molecular complexity index is 903. The molecule has 0 unspecified atom stereocenters. The quantitative estimate of drug-likeness (QED) is 0.851. The van der Waals surface area contributed by atoms with Gasteiger partial charge in [0.15, 0.2) is 0 Å². The molecule has 1 heterocycles. The van der Waals surface area contributed by atoms with Crippen LogP contribution in [-0.2, 0) is 0 Å². The number of nitrogens with two attached hydrogens (primary N) is 1. The monoisotopic (exact) mass is 350 g/mol. The molecule has 2 aromatic carbocycles. The number of rotatable bonds is 4. The highest BCUT2D eigenvalue weighted by molar-refractivity contribution is 6.36. The largest absolute Gasteiger partial charge is 0.366 e. The van der Waals surface area contributed by atoms with Gasteiger partial charge in [-0.25, -0.2) is 4.90 Å². The molecule has 134 valence electrons. The Hall–Kier alpha value is -2.95. The zero-order valence-electron chi connectivity index (χ0n) is 15.4. The highest BCUT2D eigenvalue weighted by atomic mass is 16.2. The van der Waals surface area contributed by atoms with E-state index >= 15 is 0 Å². The summed E-state index contributed by atoms with van der Waals surface area (Å²) in [7, 11) is 0. The van der Waals surface area contributed by atoms with Gasteiger partial charge >= 0.3 is 0 Å². The van der Waals surface area contributed by atoms with E-state index in [9.17, 15) is 14.4 Å². The third-order valence-electron chi connectivity index (χ3n) is 4.75. The molecule has 3 rings (SSSR count). The molecule has 0 fully saturated rings. The van der Waals surface area contributed by atoms with Gasteiger partial charge in [0.05, 0.1) is 22.4 Å². The van der Waals surface area contributed by atoms with E-state index in [1.807, 2.05) is 45.9 Å². The van der Waals surface area contributed by atoms with Crippen molar-refractivity contribution in [2.75, 3.05) is 4.90 Å². The Morgan fingerprint density at radius 2 is 1.42 bits per heavy atom. The molecule has 5 heteroatoms. The van der Waals surface area contributed by atoms with Crippen molar-refractivity contribution in [3.05, 3.63) is 64.2 Å². The molecule has 2 N–H and O–H groups in total. The molecule has 5 nitrogen and oxygen atoms in total. The Kier molecular flexibility index (Phi) is 4.40. The molecule has 2 aromatic rings. The van der Waals surface area contributed by atoms with Crippen LogP contribution in [0.1, 0.15) is 81.7 Å². The van der Waals surface area contributed by atoms with Crippen LogP contribution in [0.4, 0.5) is 5.69 Å². The minimum absolute atomic E-state index is 0.0801. The summed E-state index contributed by atoms with van der Waals surface area (Å²) >= 11 is 0. The predicted molar refractivity (Wildman–Crippen MR) is 101 cm³/mol. The van der Waals surface area contributed by atoms with Gasteiger partial charge in [-0.1, -0.05) is 52.0 Å². The van der Waals surface area contributed by atoms with Gasteiger partial charge in [-0.15, -0.1) is 0 Å². The fourth-order valence-electron chi connectivity index (χ4n) is 3.46. The molecule has 0 saturated carbocycles. The normalized spacial score (nSPS) is 13.7. The Balaban J connectivity index is 2.28. The van der Waals surface area contributed by atoms with Gasteiger partial charge in [0, 0.05) is 0 Å². The number of carbonyl (C=O) groups excluding carboxylic acids is 3. The lowest BCUT2D eigenvalue weighted by atomic mass is 9.92. The van der Waals surface area contributed by atoms with E-state index in [-0.39, 0.29) is 28.5 Å². The first-order valence-corrected chi connectivity index (χ1v) is 8.70. The third-order valence-corrected chi connectivity index (χ3v) is 4.75. The standard InChI is InChI=1S/C21H22N2O3/c1-11(2)13-7-5-8-14(12(3)4)18(13)23-20(25)16-10-6-9-15(19(22)24)17(16)21(23)26/h5-12H,1-4H3,(H2,22,24). The average Bonchev–Trinajstić information content (AvgIpc) is 2.85. The molecule has 0 aliphatic carbocycles. The molecule has 0 atom stereocenters. The molecule has 1 aliphatic heterocycles. The fourth-order valence-corrected chi connectivity index (χ4v) is 3.46. The fraction of sp³-hybridized carbons (Fsp3) is 0.286. The van der Waals surface area contributed by atoms with E-state index in [1.165, 1.54) is 11.0 Å². The van der Waals surface area contributed by atoms with Crippen LogP contribution in [0.2, 0.25) is 0 Å². The summed E-state index contributed by atoms with van der Waals surface area (Å²) in [6, 6.07) is 10.4. The minimum Gasteiger partial charge on any atom is -0.366 e. The van der Waals surface area contributed by atoms with Gasteiger partial charge in [-0.05, 0) is 35.1 Å². The number of nitrogens with zero attached hydrogens (tertiary/aromatic N) is 1. The first-order chi connectivity index (χ1) is 12.3. The van der Waals surface area contributed by atoms with Crippen LogP contribution in [0.5, 0.6) is 0 Å². The molecule has 0 aromatic heterocycles. The van der Waals surface area contributed by atoms with Crippen LogP contribution in [0.3, 0.4) is 0 Å². The Morgan fingerprint density at radius 1 is 0.885 bits per heavy atom. The topological polar surface area (TPSA) is 80.5 Å². The number of fused-ring (bicyclic) bond motifs is 1. The van der Waals surface area contributed by atoms with Crippen LogP contribution in [0, 0.1) is 0 Å². The number of hydrogen-bond donors (Lipinski definition) is 1. The Labute approximate surface area is 152 Å². The van der Waals surface area contributed by atoms with Crippen LogP contribution >= 0.6 is 0 Å². The van der Waals surface area contributed by atoms with Crippen molar-refractivity contribution in [3.63, 3.8) is 0 Å². The van der Waals surface area contributed by atoms with Gasteiger partial charge in [-0.2, -0.15) is 0 Å². The van der Waals surface area contributed by atoms with E-state index in [0.717, 1.165) is 11.1 Å². The molecule has 1 aliphatic rings. The van der Waals surface area contributed by atoms with Crippen molar-refractivity contribution >= 4 is 23.4 Å². The maximum absolute atomic E-state index is 13.2. The minimum atomic E-state index is -0.717. The first kappa shape index (κ1) is 17.9. The van der Waals surface area contributed by atoms with Crippen LogP contribution in [0.15, 0.2) is 36.4 Å². The molecule has 0 saturated heterocycles. The van der Waals surface area contributed by atoms with Crippen molar-refractivity contribution in [3.8, 4) is 0 Å². The summed E-state index contributed by atoms with van der Waals surface area (Å²) in [5.74, 6) is -1.36. The zero-order valence-corrected chi connectivity index (χ0v) is 15.4. The molecule has 0 radical (unpaired) electrons. The van der Waals surface area contributed by atoms with Gasteiger partial charge in [0.25, 0.3) is 11.8 Å². The maximum Gasteiger partial charge on any atom is 0.266 e. The van der Waals surface area contributed by atoms with E-state index in [0.29, 0.717) is 5.69 Å². The molecular formula is C21H22N2O3. The predicted octanol–water partition coefficient (Wildman–Crippen LogP) is 3.83. The lowest BCUT2D eigenvalue weighted by molar-refractivity contribution is 0.0918. The number of carbonyl (C=O) groups is 3. The number of benzene rings is 2. The van der Waals surface area contributed by atoms with E-state index < -0.39 is 17.7 Å². The number of para-hydroxylation sites is 1. The second-order valence-electron chi connectivity index (χ2n) is 7.13. The summed E-state index contributed by atoms with van der Waals surface area (Å²) in [5.41, 5.74) is 8.28. The number of hydrogen-bond acceptors (Lipinski definition) is 3. The summed E-state index contributed by atoms with van der Waals surface area (Å²) in [5, 5.41) is 0. The van der Waals surface area contributed by atoms with Crippen molar-refractivity contribution in [1.82, 2.24) is 0 Å². The van der Waals surface area contributed by atoms with Crippen LogP contribution < -0.4 is 10.6 Å². The van der Waals surface area contributed by atoms with Crippen LogP contribution in [-0.4, -0.2) is 17.7 Å². The second-order valence-corrected chi connectivity index (χ2v) is 7.13. The molecule has 26 heavy (non-hydrogen) atoms. The van der Waals surface area contributed by atoms with Crippen molar-refractivity contribution in [2.24, 2.45) is 5.73 Å².